The molecule has 0 aromatic carbocycles. The van der Waals surface area contributed by atoms with Crippen molar-refractivity contribution in [1.82, 2.24) is 0 Å². The van der Waals surface area contributed by atoms with E-state index in [1.54, 1.807) is 0 Å². The van der Waals surface area contributed by atoms with Crippen molar-refractivity contribution >= 4 is 11.1 Å². The summed E-state index contributed by atoms with van der Waals surface area (Å²) in [6.45, 7) is 0.581. The molecule has 0 saturated carbocycles. The lowest BCUT2D eigenvalue weighted by atomic mass is 10.3. The first-order valence-electron chi connectivity index (χ1n) is 2.53. The molecule has 0 fully saturated rings. The van der Waals surface area contributed by atoms with Gasteiger partial charge in [0.05, 0.1) is 0 Å². The summed E-state index contributed by atoms with van der Waals surface area (Å²) >= 11 is -1.87. The molecule has 0 aromatic heterocycles. The van der Waals surface area contributed by atoms with E-state index in [1.165, 1.54) is 0 Å². The molecular weight excluding hydrogens is 126 g/mol. The predicted octanol–water partition coefficient (Wildman–Crippen LogP) is -0.396. The van der Waals surface area contributed by atoms with Crippen molar-refractivity contribution < 1.29 is 8.76 Å². The Balaban J connectivity index is 2.82. The first kappa shape index (κ1) is 8.07. The Bertz CT molecular complexity index is 76.4. The maximum atomic E-state index is 9.83. The van der Waals surface area contributed by atoms with Gasteiger partial charge in [0.25, 0.3) is 0 Å². The van der Waals surface area contributed by atoms with Crippen LogP contribution in [-0.4, -0.2) is 21.1 Å². The molecule has 0 bridgehead atoms. The second-order valence-corrected chi connectivity index (χ2v) is 2.52. The first-order chi connectivity index (χ1) is 3.77. The quantitative estimate of drug-likeness (QED) is 0.422. The summed E-state index contributed by atoms with van der Waals surface area (Å²) in [4.78, 5) is 0. The van der Waals surface area contributed by atoms with E-state index in [1.807, 2.05) is 0 Å². The third kappa shape index (κ3) is 6.07. The van der Waals surface area contributed by atoms with Gasteiger partial charge in [-0.3, -0.25) is 4.21 Å². The first-order valence-corrected chi connectivity index (χ1v) is 3.77. The molecule has 0 aliphatic carbocycles. The van der Waals surface area contributed by atoms with E-state index in [4.69, 9.17) is 5.73 Å². The highest BCUT2D eigenvalue weighted by Crippen LogP contribution is 1.86. The summed E-state index contributed by atoms with van der Waals surface area (Å²) in [6.07, 6.45) is 1.49. The standard InChI is InChI=1S/C4H11NO2S/c5-3-1-2-4-8(6)7/h1-5H2,(H,6,7)/p-1. The van der Waals surface area contributed by atoms with Crippen LogP contribution in [0.3, 0.4) is 0 Å². The van der Waals surface area contributed by atoms with Gasteiger partial charge in [0, 0.05) is 5.75 Å². The monoisotopic (exact) mass is 136 g/mol. The van der Waals surface area contributed by atoms with Crippen molar-refractivity contribution in [3.63, 3.8) is 0 Å². The molecule has 0 heterocycles. The Morgan fingerprint density at radius 2 is 2.12 bits per heavy atom. The number of hydrogen-bond donors (Lipinski definition) is 1. The highest BCUT2D eigenvalue weighted by molar-refractivity contribution is 7.79. The molecular formula is C4H10NO2S-. The molecule has 0 amide bonds. The minimum absolute atomic E-state index is 0.247. The maximum absolute atomic E-state index is 9.83. The van der Waals surface area contributed by atoms with Gasteiger partial charge in [0.1, 0.15) is 0 Å². The number of hydrogen-bond acceptors (Lipinski definition) is 3. The van der Waals surface area contributed by atoms with Crippen LogP contribution in [-0.2, 0) is 11.1 Å². The Hall–Kier alpha value is 0.0700. The molecule has 0 aromatic rings. The van der Waals surface area contributed by atoms with Gasteiger partial charge >= 0.3 is 0 Å². The highest BCUT2D eigenvalue weighted by atomic mass is 32.2. The lowest BCUT2D eigenvalue weighted by Gasteiger charge is -2.01. The van der Waals surface area contributed by atoms with Crippen LogP contribution in [0.15, 0.2) is 0 Å². The van der Waals surface area contributed by atoms with Crippen molar-refractivity contribution in [2.24, 2.45) is 5.73 Å². The lowest BCUT2D eigenvalue weighted by Crippen LogP contribution is -2.02. The molecule has 50 valence electrons. The summed E-state index contributed by atoms with van der Waals surface area (Å²) in [7, 11) is 0. The Morgan fingerprint density at radius 3 is 2.50 bits per heavy atom. The van der Waals surface area contributed by atoms with Crippen LogP contribution in [0.5, 0.6) is 0 Å². The summed E-state index contributed by atoms with van der Waals surface area (Å²) in [6, 6.07) is 0. The largest absolute Gasteiger partial charge is 0.772 e. The van der Waals surface area contributed by atoms with Crippen molar-refractivity contribution in [1.29, 1.82) is 0 Å². The summed E-state index contributed by atoms with van der Waals surface area (Å²) in [5, 5.41) is 0. The van der Waals surface area contributed by atoms with Crippen molar-refractivity contribution in [3.05, 3.63) is 0 Å². The lowest BCUT2D eigenvalue weighted by molar-refractivity contribution is 0.534. The Morgan fingerprint density at radius 1 is 1.50 bits per heavy atom. The Kier molecular flexibility index (Phi) is 5.26. The SMILES string of the molecule is NCCCCS(=O)[O-]. The highest BCUT2D eigenvalue weighted by Gasteiger charge is 1.83. The summed E-state index contributed by atoms with van der Waals surface area (Å²) in [5.41, 5.74) is 5.11. The fourth-order valence-corrected chi connectivity index (χ4v) is 0.804. The van der Waals surface area contributed by atoms with Gasteiger partial charge in [-0.25, -0.2) is 0 Å². The van der Waals surface area contributed by atoms with Gasteiger partial charge in [-0.2, -0.15) is 0 Å². The molecule has 0 rings (SSSR count). The summed E-state index contributed by atoms with van der Waals surface area (Å²) < 4.78 is 19.7. The van der Waals surface area contributed by atoms with Crippen molar-refractivity contribution in [3.8, 4) is 0 Å². The molecule has 2 N–H and O–H groups in total. The van der Waals surface area contributed by atoms with Crippen LogP contribution in [0, 0.1) is 0 Å². The van der Waals surface area contributed by atoms with Crippen LogP contribution in [0.25, 0.3) is 0 Å². The smallest absolute Gasteiger partial charge is 0.0102 e. The zero-order valence-corrected chi connectivity index (χ0v) is 5.45. The third-order valence-electron chi connectivity index (χ3n) is 0.765. The molecule has 0 spiro atoms. The topological polar surface area (TPSA) is 66.2 Å². The molecule has 3 nitrogen and oxygen atoms in total. The van der Waals surface area contributed by atoms with E-state index >= 15 is 0 Å². The van der Waals surface area contributed by atoms with E-state index in [9.17, 15) is 8.76 Å². The number of nitrogens with two attached hydrogens (primary N) is 1. The van der Waals surface area contributed by atoms with Gasteiger partial charge < -0.3 is 10.3 Å². The zero-order valence-electron chi connectivity index (χ0n) is 4.63. The van der Waals surface area contributed by atoms with Crippen molar-refractivity contribution in [2.75, 3.05) is 12.3 Å². The molecule has 0 aliphatic rings. The van der Waals surface area contributed by atoms with E-state index in [2.05, 4.69) is 0 Å². The van der Waals surface area contributed by atoms with E-state index in [0.29, 0.717) is 13.0 Å². The van der Waals surface area contributed by atoms with Gasteiger partial charge in [-0.1, -0.05) is 11.1 Å². The molecule has 0 saturated heterocycles. The van der Waals surface area contributed by atoms with Crippen LogP contribution in [0.2, 0.25) is 0 Å². The van der Waals surface area contributed by atoms with Gasteiger partial charge in [-0.15, -0.1) is 0 Å². The normalized spacial score (nSPS) is 13.8. The van der Waals surface area contributed by atoms with Gasteiger partial charge in [0.15, 0.2) is 0 Å². The van der Waals surface area contributed by atoms with Crippen LogP contribution in [0.4, 0.5) is 0 Å². The molecule has 4 heteroatoms. The van der Waals surface area contributed by atoms with Crippen LogP contribution in [0.1, 0.15) is 12.8 Å². The average molecular weight is 136 g/mol. The third-order valence-corrected chi connectivity index (χ3v) is 1.39. The van der Waals surface area contributed by atoms with Crippen molar-refractivity contribution in [2.45, 2.75) is 12.8 Å². The zero-order chi connectivity index (χ0) is 6.41. The fourth-order valence-electron chi connectivity index (χ4n) is 0.364. The fraction of sp³-hybridized carbons (Fsp3) is 1.00. The molecule has 0 aliphatic heterocycles. The minimum atomic E-state index is -1.87. The molecule has 8 heavy (non-hydrogen) atoms. The van der Waals surface area contributed by atoms with E-state index in [0.717, 1.165) is 6.42 Å². The predicted molar refractivity (Wildman–Crippen MR) is 32.1 cm³/mol. The average Bonchev–Trinajstić information content (AvgIpc) is 1.66. The summed E-state index contributed by atoms with van der Waals surface area (Å²) in [5.74, 6) is 0.247. The van der Waals surface area contributed by atoms with Crippen LogP contribution >= 0.6 is 0 Å². The molecule has 0 radical (unpaired) electrons. The Labute approximate surface area is 51.6 Å². The maximum Gasteiger partial charge on any atom is 0.0102 e. The van der Waals surface area contributed by atoms with Gasteiger partial charge in [0.2, 0.25) is 0 Å². The number of unbranched alkanes of at least 4 members (excludes halogenated alkanes) is 1. The molecule has 1 unspecified atom stereocenters. The minimum Gasteiger partial charge on any atom is -0.772 e. The number of rotatable bonds is 4. The van der Waals surface area contributed by atoms with Gasteiger partial charge in [-0.05, 0) is 19.4 Å². The second kappa shape index (κ2) is 5.21. The van der Waals surface area contributed by atoms with E-state index < -0.39 is 11.1 Å². The van der Waals surface area contributed by atoms with Crippen LogP contribution < -0.4 is 5.73 Å². The second-order valence-electron chi connectivity index (χ2n) is 1.50. The molecule has 1 atom stereocenters. The van der Waals surface area contributed by atoms with E-state index in [-0.39, 0.29) is 5.75 Å².